The molecule has 17 heavy (non-hydrogen) atoms. The molecule has 0 heterocycles. The number of aromatic carboxylic acids is 1. The van der Waals surface area contributed by atoms with Crippen LogP contribution in [0.4, 0.5) is 0 Å². The molecule has 5 nitrogen and oxygen atoms in total. The summed E-state index contributed by atoms with van der Waals surface area (Å²) in [6.45, 7) is 1.99. The first-order valence-electron chi connectivity index (χ1n) is 5.32. The van der Waals surface area contributed by atoms with Crippen LogP contribution in [0.15, 0.2) is 18.2 Å². The number of rotatable bonds is 5. The van der Waals surface area contributed by atoms with Crippen molar-refractivity contribution in [3.05, 3.63) is 34.9 Å². The molecular formula is C12H17NO4. The Hall–Kier alpha value is -1.43. The molecule has 0 aliphatic carbocycles. The second-order valence-corrected chi connectivity index (χ2v) is 3.95. The monoisotopic (exact) mass is 239 g/mol. The van der Waals surface area contributed by atoms with Crippen molar-refractivity contribution in [3.8, 4) is 0 Å². The van der Waals surface area contributed by atoms with E-state index in [0.29, 0.717) is 5.56 Å². The summed E-state index contributed by atoms with van der Waals surface area (Å²) in [5.74, 6) is -1.05. The van der Waals surface area contributed by atoms with Gasteiger partial charge in [0.1, 0.15) is 6.10 Å². The highest BCUT2D eigenvalue weighted by Gasteiger charge is 2.20. The van der Waals surface area contributed by atoms with Crippen LogP contribution in [0.25, 0.3) is 0 Å². The van der Waals surface area contributed by atoms with Crippen LogP contribution in [0, 0.1) is 6.92 Å². The van der Waals surface area contributed by atoms with Gasteiger partial charge in [-0.1, -0.05) is 6.07 Å². The summed E-state index contributed by atoms with van der Waals surface area (Å²) >= 11 is 0. The van der Waals surface area contributed by atoms with Gasteiger partial charge in [-0.15, -0.1) is 0 Å². The van der Waals surface area contributed by atoms with E-state index in [0.717, 1.165) is 5.56 Å². The van der Waals surface area contributed by atoms with Gasteiger partial charge in [0.25, 0.3) is 0 Å². The van der Waals surface area contributed by atoms with Crippen molar-refractivity contribution in [1.29, 1.82) is 0 Å². The Morgan fingerprint density at radius 3 is 2.59 bits per heavy atom. The molecule has 1 rings (SSSR count). The smallest absolute Gasteiger partial charge is 0.335 e. The fraction of sp³-hybridized carbons (Fsp3) is 0.417. The zero-order valence-electron chi connectivity index (χ0n) is 9.84. The van der Waals surface area contributed by atoms with Gasteiger partial charge in [0.05, 0.1) is 11.7 Å². The van der Waals surface area contributed by atoms with Gasteiger partial charge in [0.15, 0.2) is 0 Å². The van der Waals surface area contributed by atoms with Crippen LogP contribution < -0.4 is 5.32 Å². The predicted molar refractivity (Wildman–Crippen MR) is 63.0 cm³/mol. The Morgan fingerprint density at radius 1 is 1.41 bits per heavy atom. The average molecular weight is 239 g/mol. The zero-order chi connectivity index (χ0) is 13.0. The molecule has 0 aromatic heterocycles. The number of nitrogens with one attached hydrogen (secondary N) is 1. The van der Waals surface area contributed by atoms with Gasteiger partial charge in [-0.25, -0.2) is 4.79 Å². The van der Waals surface area contributed by atoms with Crippen LogP contribution in [0.2, 0.25) is 0 Å². The first kappa shape index (κ1) is 13.6. The average Bonchev–Trinajstić information content (AvgIpc) is 2.28. The minimum absolute atomic E-state index is 0.0984. The van der Waals surface area contributed by atoms with Gasteiger partial charge in [-0.3, -0.25) is 0 Å². The molecular weight excluding hydrogens is 222 g/mol. The van der Waals surface area contributed by atoms with Crippen LogP contribution in [0.5, 0.6) is 0 Å². The van der Waals surface area contributed by atoms with Gasteiger partial charge in [-0.2, -0.15) is 0 Å². The van der Waals surface area contributed by atoms with Crippen molar-refractivity contribution in [2.45, 2.75) is 19.1 Å². The third-order valence-electron chi connectivity index (χ3n) is 2.62. The summed E-state index contributed by atoms with van der Waals surface area (Å²) in [4.78, 5) is 10.8. The van der Waals surface area contributed by atoms with E-state index in [1.807, 2.05) is 0 Å². The lowest BCUT2D eigenvalue weighted by molar-refractivity contribution is 0.0198. The van der Waals surface area contributed by atoms with E-state index >= 15 is 0 Å². The molecule has 1 aromatic carbocycles. The van der Waals surface area contributed by atoms with E-state index in [9.17, 15) is 15.0 Å². The Labute approximate surface area is 99.7 Å². The first-order chi connectivity index (χ1) is 7.97. The van der Waals surface area contributed by atoms with Crippen molar-refractivity contribution < 1.29 is 20.1 Å². The molecule has 2 atom stereocenters. The van der Waals surface area contributed by atoms with Crippen LogP contribution in [-0.4, -0.2) is 41.0 Å². The van der Waals surface area contributed by atoms with Crippen molar-refractivity contribution in [1.82, 2.24) is 5.32 Å². The van der Waals surface area contributed by atoms with E-state index < -0.39 is 18.2 Å². The van der Waals surface area contributed by atoms with Crippen LogP contribution in [0.1, 0.15) is 27.6 Å². The first-order valence-corrected chi connectivity index (χ1v) is 5.32. The predicted octanol–water partition coefficient (Wildman–Crippen LogP) is 0.307. The lowest BCUT2D eigenvalue weighted by Gasteiger charge is -2.20. The Bertz CT molecular complexity index is 405. The molecule has 1 aromatic rings. The van der Waals surface area contributed by atoms with E-state index in [1.165, 1.54) is 12.1 Å². The number of carboxylic acid groups (broad SMARTS) is 1. The van der Waals surface area contributed by atoms with E-state index in [-0.39, 0.29) is 12.1 Å². The van der Waals surface area contributed by atoms with E-state index in [1.54, 1.807) is 20.0 Å². The second-order valence-electron chi connectivity index (χ2n) is 3.95. The van der Waals surface area contributed by atoms with E-state index in [4.69, 9.17) is 5.11 Å². The number of likely N-dealkylation sites (N-methyl/N-ethyl adjacent to an activating group) is 1. The highest BCUT2D eigenvalue weighted by molar-refractivity contribution is 5.87. The maximum absolute atomic E-state index is 10.8. The number of hydrogen-bond donors (Lipinski definition) is 4. The molecule has 0 aliphatic rings. The number of carbonyl (C=O) groups is 1. The molecule has 94 valence electrons. The molecule has 0 amide bonds. The molecule has 0 bridgehead atoms. The van der Waals surface area contributed by atoms with Gasteiger partial charge in [0.2, 0.25) is 0 Å². The number of aryl methyl sites for hydroxylation is 1. The van der Waals surface area contributed by atoms with Gasteiger partial charge < -0.3 is 20.6 Å². The van der Waals surface area contributed by atoms with Gasteiger partial charge >= 0.3 is 5.97 Å². The van der Waals surface area contributed by atoms with Gasteiger partial charge in [-0.05, 0) is 37.2 Å². The maximum Gasteiger partial charge on any atom is 0.335 e. The molecule has 4 N–H and O–H groups in total. The highest BCUT2D eigenvalue weighted by atomic mass is 16.4. The van der Waals surface area contributed by atoms with Crippen LogP contribution in [0.3, 0.4) is 0 Å². The quantitative estimate of drug-likeness (QED) is 0.593. The number of benzene rings is 1. The normalized spacial score (nSPS) is 14.4. The molecule has 0 saturated heterocycles. The minimum atomic E-state index is -1.10. The molecule has 2 unspecified atom stereocenters. The minimum Gasteiger partial charge on any atom is -0.478 e. The third-order valence-corrected chi connectivity index (χ3v) is 2.62. The summed E-state index contributed by atoms with van der Waals surface area (Å²) < 4.78 is 0. The summed E-state index contributed by atoms with van der Waals surface area (Å²) in [6, 6.07) is 4.48. The number of hydrogen-bond acceptors (Lipinski definition) is 4. The molecule has 0 fully saturated rings. The lowest BCUT2D eigenvalue weighted by Crippen LogP contribution is -2.30. The Kier molecular flexibility index (Phi) is 4.62. The van der Waals surface area contributed by atoms with Crippen molar-refractivity contribution in [2.24, 2.45) is 0 Å². The van der Waals surface area contributed by atoms with E-state index in [2.05, 4.69) is 5.32 Å². The summed E-state index contributed by atoms with van der Waals surface area (Å²) in [5, 5.41) is 31.2. The number of carboxylic acids is 1. The Balaban J connectivity index is 3.03. The standard InChI is InChI=1S/C12H17NO4/c1-7-3-4-8(12(16)17)5-9(7)11(15)10(14)6-13-2/h3-5,10-11,13-15H,6H2,1-2H3,(H,16,17). The van der Waals surface area contributed by atoms with Crippen molar-refractivity contribution in [3.63, 3.8) is 0 Å². The third kappa shape index (κ3) is 3.26. The molecule has 0 aliphatic heterocycles. The summed E-state index contributed by atoms with van der Waals surface area (Å²) in [7, 11) is 1.66. The summed E-state index contributed by atoms with van der Waals surface area (Å²) in [5.41, 5.74) is 1.28. The van der Waals surface area contributed by atoms with Crippen molar-refractivity contribution in [2.75, 3.05) is 13.6 Å². The topological polar surface area (TPSA) is 89.8 Å². The lowest BCUT2D eigenvalue weighted by atomic mass is 9.97. The van der Waals surface area contributed by atoms with Gasteiger partial charge in [0, 0.05) is 6.54 Å². The zero-order valence-corrected chi connectivity index (χ0v) is 9.84. The van der Waals surface area contributed by atoms with Crippen LogP contribution >= 0.6 is 0 Å². The number of aliphatic hydroxyl groups is 2. The molecule has 0 radical (unpaired) electrons. The van der Waals surface area contributed by atoms with Crippen molar-refractivity contribution >= 4 is 5.97 Å². The Morgan fingerprint density at radius 2 is 2.06 bits per heavy atom. The fourth-order valence-corrected chi connectivity index (χ4v) is 1.62. The largest absolute Gasteiger partial charge is 0.478 e. The maximum atomic E-state index is 10.8. The fourth-order valence-electron chi connectivity index (χ4n) is 1.62. The number of aliphatic hydroxyl groups excluding tert-OH is 2. The second kappa shape index (κ2) is 5.77. The molecule has 0 spiro atoms. The summed E-state index contributed by atoms with van der Waals surface area (Å²) in [6.07, 6.45) is -2.07. The highest BCUT2D eigenvalue weighted by Crippen LogP contribution is 2.22. The molecule has 5 heteroatoms. The van der Waals surface area contributed by atoms with Crippen LogP contribution in [-0.2, 0) is 0 Å². The SMILES string of the molecule is CNCC(O)C(O)c1cc(C(=O)O)ccc1C. The molecule has 0 saturated carbocycles.